The molecule has 8 nitrogen and oxygen atoms in total. The average Bonchev–Trinajstić information content (AvgIpc) is 2.73. The zero-order valence-electron chi connectivity index (χ0n) is 17.9. The lowest BCUT2D eigenvalue weighted by molar-refractivity contribution is -0.0118. The Balaban J connectivity index is 1.86. The van der Waals surface area contributed by atoms with Gasteiger partial charge >= 0.3 is 0 Å². The van der Waals surface area contributed by atoms with Crippen molar-refractivity contribution >= 4 is 11.5 Å². The van der Waals surface area contributed by atoms with Gasteiger partial charge in [-0.3, -0.25) is 4.79 Å². The summed E-state index contributed by atoms with van der Waals surface area (Å²) in [5.74, 6) is 3.63. The number of halogens is 2. The van der Waals surface area contributed by atoms with Gasteiger partial charge in [0.25, 0.3) is 11.5 Å². The Kier molecular flexibility index (Phi) is 6.89. The first-order valence-corrected chi connectivity index (χ1v) is 10.3. The number of anilines is 1. The zero-order valence-corrected chi connectivity index (χ0v) is 17.9. The van der Waals surface area contributed by atoms with Crippen LogP contribution in [0.15, 0.2) is 41.2 Å². The van der Waals surface area contributed by atoms with Crippen LogP contribution in [0.4, 0.5) is 14.6 Å². The van der Waals surface area contributed by atoms with E-state index in [1.807, 2.05) is 6.07 Å². The molecular weight excluding hydrogens is 404 g/mol. The zero-order chi connectivity index (χ0) is 22.6. The standard InChI is InChI=1S/C21H29F2N7O/c1-3-5-15-6-7-19(31)30(12-15)13-17(28(2)25)20(24)16-10-27-18(11-26-16)29-9-4-8-21(22,23)14-29/h6-7,10-12H,3-5,8-9,13-14,24-25H2,1-2H3/b20-17-. The van der Waals surface area contributed by atoms with Crippen LogP contribution in [-0.2, 0) is 13.0 Å². The first-order chi connectivity index (χ1) is 14.7. The third-order valence-corrected chi connectivity index (χ3v) is 5.27. The first-order valence-electron chi connectivity index (χ1n) is 10.3. The first kappa shape index (κ1) is 22.7. The normalized spacial score (nSPS) is 16.7. The molecule has 2 aromatic rings. The molecule has 0 bridgehead atoms. The number of likely N-dealkylation sites (N-methyl/N-ethyl adjacent to an activating group) is 1. The Morgan fingerprint density at radius 2 is 2.06 bits per heavy atom. The Morgan fingerprint density at radius 1 is 1.29 bits per heavy atom. The van der Waals surface area contributed by atoms with Crippen molar-refractivity contribution in [3.8, 4) is 0 Å². The van der Waals surface area contributed by atoms with Crippen molar-refractivity contribution in [2.24, 2.45) is 11.6 Å². The van der Waals surface area contributed by atoms with Crippen LogP contribution in [0.2, 0.25) is 0 Å². The highest BCUT2D eigenvalue weighted by Crippen LogP contribution is 2.29. The van der Waals surface area contributed by atoms with Crippen molar-refractivity contribution in [3.05, 3.63) is 58.0 Å². The maximum absolute atomic E-state index is 13.7. The van der Waals surface area contributed by atoms with Gasteiger partial charge in [0.05, 0.1) is 36.9 Å². The van der Waals surface area contributed by atoms with Crippen molar-refractivity contribution in [3.63, 3.8) is 0 Å². The minimum absolute atomic E-state index is 0.115. The number of aryl methyl sites for hydroxylation is 1. The molecule has 10 heteroatoms. The van der Waals surface area contributed by atoms with Crippen molar-refractivity contribution in [1.82, 2.24) is 19.5 Å². The fraction of sp³-hybridized carbons (Fsp3) is 0.476. The SMILES string of the molecule is CCCc1ccc(=O)n(C/C(=C(/N)c2cnc(N3CCCC(F)(F)C3)cn2)N(C)N)c1. The van der Waals surface area contributed by atoms with Crippen LogP contribution in [0, 0.1) is 0 Å². The summed E-state index contributed by atoms with van der Waals surface area (Å²) in [7, 11) is 1.63. The van der Waals surface area contributed by atoms with Gasteiger partial charge in [0.1, 0.15) is 11.5 Å². The summed E-state index contributed by atoms with van der Waals surface area (Å²) in [6, 6.07) is 3.34. The predicted molar refractivity (Wildman–Crippen MR) is 116 cm³/mol. The Hall–Kier alpha value is -3.01. The lowest BCUT2D eigenvalue weighted by atomic mass is 10.1. The summed E-state index contributed by atoms with van der Waals surface area (Å²) >= 11 is 0. The van der Waals surface area contributed by atoms with Crippen molar-refractivity contribution < 1.29 is 8.78 Å². The maximum Gasteiger partial charge on any atom is 0.265 e. The van der Waals surface area contributed by atoms with Gasteiger partial charge in [-0.1, -0.05) is 19.4 Å². The lowest BCUT2D eigenvalue weighted by Gasteiger charge is -2.33. The van der Waals surface area contributed by atoms with Crippen molar-refractivity contribution in [2.75, 3.05) is 25.0 Å². The quantitative estimate of drug-likeness (QED) is 0.508. The van der Waals surface area contributed by atoms with Crippen LogP contribution in [-0.4, -0.2) is 45.6 Å². The maximum atomic E-state index is 13.7. The van der Waals surface area contributed by atoms with E-state index in [1.54, 1.807) is 17.8 Å². The number of piperidine rings is 1. The molecular formula is C21H29F2N7O. The molecule has 3 rings (SSSR count). The molecule has 0 unspecified atom stereocenters. The van der Waals surface area contributed by atoms with Crippen LogP contribution < -0.4 is 22.0 Å². The van der Waals surface area contributed by atoms with Gasteiger partial charge in [0.2, 0.25) is 0 Å². The van der Waals surface area contributed by atoms with Gasteiger partial charge < -0.3 is 20.2 Å². The monoisotopic (exact) mass is 433 g/mol. The number of pyridine rings is 1. The number of hydrazine groups is 1. The summed E-state index contributed by atoms with van der Waals surface area (Å²) in [5.41, 5.74) is 8.30. The molecule has 0 spiro atoms. The van der Waals surface area contributed by atoms with Crippen LogP contribution in [0.1, 0.15) is 37.4 Å². The number of alkyl halides is 2. The third kappa shape index (κ3) is 5.57. The number of allylic oxidation sites excluding steroid dienone is 1. The number of aromatic nitrogens is 3. The van der Waals surface area contributed by atoms with E-state index in [0.29, 0.717) is 30.2 Å². The van der Waals surface area contributed by atoms with Gasteiger partial charge in [-0.15, -0.1) is 0 Å². The molecule has 4 N–H and O–H groups in total. The van der Waals surface area contributed by atoms with Crippen molar-refractivity contribution in [1.29, 1.82) is 0 Å². The molecule has 2 aromatic heterocycles. The predicted octanol–water partition coefficient (Wildman–Crippen LogP) is 1.96. The molecule has 168 valence electrons. The number of rotatable bonds is 7. The molecule has 0 saturated carbocycles. The highest BCUT2D eigenvalue weighted by atomic mass is 19.3. The van der Waals surface area contributed by atoms with E-state index in [-0.39, 0.29) is 30.8 Å². The summed E-state index contributed by atoms with van der Waals surface area (Å²) in [6.45, 7) is 2.36. The molecule has 0 radical (unpaired) electrons. The molecule has 0 aliphatic carbocycles. The molecule has 31 heavy (non-hydrogen) atoms. The number of hydrogen-bond donors (Lipinski definition) is 2. The smallest absolute Gasteiger partial charge is 0.265 e. The second kappa shape index (κ2) is 9.42. The number of nitrogens with two attached hydrogens (primary N) is 2. The van der Waals surface area contributed by atoms with Crippen LogP contribution in [0.5, 0.6) is 0 Å². The Morgan fingerprint density at radius 3 is 2.68 bits per heavy atom. The summed E-state index contributed by atoms with van der Waals surface area (Å²) < 4.78 is 28.9. The van der Waals surface area contributed by atoms with E-state index in [1.165, 1.54) is 28.4 Å². The van der Waals surface area contributed by atoms with E-state index in [4.69, 9.17) is 11.6 Å². The Bertz CT molecular complexity index is 986. The Labute approximate surface area is 180 Å². The fourth-order valence-electron chi connectivity index (χ4n) is 3.62. The highest BCUT2D eigenvalue weighted by molar-refractivity contribution is 5.62. The molecule has 0 aromatic carbocycles. The number of nitrogens with zero attached hydrogens (tertiary/aromatic N) is 5. The summed E-state index contributed by atoms with van der Waals surface area (Å²) in [5, 5.41) is 1.34. The largest absolute Gasteiger partial charge is 0.395 e. The van der Waals surface area contributed by atoms with Crippen molar-refractivity contribution in [2.45, 2.75) is 45.1 Å². The van der Waals surface area contributed by atoms with Crippen LogP contribution >= 0.6 is 0 Å². The summed E-state index contributed by atoms with van der Waals surface area (Å²) in [6.07, 6.45) is 6.78. The van der Waals surface area contributed by atoms with Gasteiger partial charge in [0, 0.05) is 32.3 Å². The molecule has 1 saturated heterocycles. The van der Waals surface area contributed by atoms with Gasteiger partial charge in [-0.05, 0) is 18.4 Å². The van der Waals surface area contributed by atoms with E-state index >= 15 is 0 Å². The number of hydrogen-bond acceptors (Lipinski definition) is 7. The van der Waals surface area contributed by atoms with Crippen LogP contribution in [0.25, 0.3) is 5.70 Å². The van der Waals surface area contributed by atoms with E-state index < -0.39 is 5.92 Å². The van der Waals surface area contributed by atoms with E-state index in [9.17, 15) is 13.6 Å². The molecule has 0 amide bonds. The molecule has 1 aliphatic heterocycles. The minimum atomic E-state index is -2.73. The fourth-order valence-corrected chi connectivity index (χ4v) is 3.62. The third-order valence-electron chi connectivity index (χ3n) is 5.27. The molecule has 0 atom stereocenters. The van der Waals surface area contributed by atoms with E-state index in [0.717, 1.165) is 18.4 Å². The van der Waals surface area contributed by atoms with Gasteiger partial charge in [-0.2, -0.15) is 0 Å². The second-order valence-corrected chi connectivity index (χ2v) is 7.87. The average molecular weight is 434 g/mol. The molecule has 1 aliphatic rings. The lowest BCUT2D eigenvalue weighted by Crippen LogP contribution is -2.43. The highest BCUT2D eigenvalue weighted by Gasteiger charge is 2.35. The van der Waals surface area contributed by atoms with E-state index in [2.05, 4.69) is 16.9 Å². The molecule has 3 heterocycles. The minimum Gasteiger partial charge on any atom is -0.395 e. The van der Waals surface area contributed by atoms with Gasteiger partial charge in [-0.25, -0.2) is 24.6 Å². The van der Waals surface area contributed by atoms with Crippen LogP contribution in [0.3, 0.4) is 0 Å². The second-order valence-electron chi connectivity index (χ2n) is 7.87. The summed E-state index contributed by atoms with van der Waals surface area (Å²) in [4.78, 5) is 22.4. The topological polar surface area (TPSA) is 106 Å². The van der Waals surface area contributed by atoms with Gasteiger partial charge in [0.15, 0.2) is 0 Å². The molecule has 1 fully saturated rings.